The van der Waals surface area contributed by atoms with Crippen molar-refractivity contribution >= 4 is 11.7 Å². The molecule has 1 aliphatic rings. The first kappa shape index (κ1) is 12.9. The average Bonchev–Trinajstić information content (AvgIpc) is 3.09. The summed E-state index contributed by atoms with van der Waals surface area (Å²) in [7, 11) is 0. The Bertz CT molecular complexity index is 402. The number of pyridine rings is 1. The molecule has 4 heteroatoms. The lowest BCUT2D eigenvalue weighted by molar-refractivity contribution is 0.0955. The molecule has 98 valence electrons. The fraction of sp³-hybridized carbons (Fsp3) is 0.571. The first-order valence-corrected chi connectivity index (χ1v) is 6.75. The van der Waals surface area contributed by atoms with Gasteiger partial charge in [0, 0.05) is 18.8 Å². The van der Waals surface area contributed by atoms with E-state index in [1.165, 1.54) is 19.3 Å². The molecule has 4 nitrogen and oxygen atoms in total. The van der Waals surface area contributed by atoms with Gasteiger partial charge in [-0.25, -0.2) is 4.98 Å². The number of hydrogen-bond acceptors (Lipinski definition) is 3. The molecule has 2 rings (SSSR count). The maximum absolute atomic E-state index is 11.6. The number of anilines is 1. The molecule has 1 aromatic rings. The van der Waals surface area contributed by atoms with Crippen LogP contribution in [-0.4, -0.2) is 23.5 Å². The van der Waals surface area contributed by atoms with E-state index in [9.17, 15) is 4.79 Å². The molecular formula is C14H21N3O. The number of hydrogen-bond donors (Lipinski definition) is 2. The Morgan fingerprint density at radius 1 is 1.44 bits per heavy atom. The fourth-order valence-electron chi connectivity index (χ4n) is 2.18. The fourth-order valence-corrected chi connectivity index (χ4v) is 2.18. The van der Waals surface area contributed by atoms with Crippen molar-refractivity contribution in [3.05, 3.63) is 23.9 Å². The van der Waals surface area contributed by atoms with Gasteiger partial charge in [-0.15, -0.1) is 0 Å². The van der Waals surface area contributed by atoms with E-state index in [4.69, 9.17) is 0 Å². The molecule has 0 bridgehead atoms. The molecule has 0 spiro atoms. The molecule has 1 heterocycles. The van der Waals surface area contributed by atoms with Crippen LogP contribution < -0.4 is 10.6 Å². The summed E-state index contributed by atoms with van der Waals surface area (Å²) in [6, 6.07) is 4.27. The molecule has 1 saturated carbocycles. The maximum Gasteiger partial charge on any atom is 0.252 e. The van der Waals surface area contributed by atoms with Crippen molar-refractivity contribution in [3.8, 4) is 0 Å². The van der Waals surface area contributed by atoms with Gasteiger partial charge in [-0.3, -0.25) is 4.79 Å². The van der Waals surface area contributed by atoms with Gasteiger partial charge in [0.05, 0.1) is 5.56 Å². The van der Waals surface area contributed by atoms with E-state index in [2.05, 4.69) is 22.5 Å². The predicted molar refractivity (Wildman–Crippen MR) is 72.7 cm³/mol. The summed E-state index contributed by atoms with van der Waals surface area (Å²) in [5.74, 6) is 1.61. The highest BCUT2D eigenvalue weighted by atomic mass is 16.1. The van der Waals surface area contributed by atoms with E-state index < -0.39 is 0 Å². The van der Waals surface area contributed by atoms with Crippen LogP contribution >= 0.6 is 0 Å². The van der Waals surface area contributed by atoms with Gasteiger partial charge in [0.2, 0.25) is 0 Å². The first-order valence-electron chi connectivity index (χ1n) is 6.75. The number of carbonyl (C=O) groups excluding carboxylic acids is 1. The molecule has 2 unspecified atom stereocenters. The SMILES string of the molecule is CCCC1CC1Nc1ccc(C(=O)NCC)cn1. The highest BCUT2D eigenvalue weighted by Gasteiger charge is 2.35. The standard InChI is InChI=1S/C14H21N3O/c1-3-5-10-8-12(10)17-13-7-6-11(9-16-13)14(18)15-4-2/h6-7,9-10,12H,3-5,8H2,1-2H3,(H,15,18)(H,16,17). The molecule has 2 N–H and O–H groups in total. The Labute approximate surface area is 108 Å². The van der Waals surface area contributed by atoms with Crippen molar-refractivity contribution in [1.29, 1.82) is 0 Å². The lowest BCUT2D eigenvalue weighted by Gasteiger charge is -2.06. The average molecular weight is 247 g/mol. The van der Waals surface area contributed by atoms with Gasteiger partial charge in [0.25, 0.3) is 5.91 Å². The lowest BCUT2D eigenvalue weighted by Crippen LogP contribution is -2.22. The molecule has 1 fully saturated rings. The molecule has 18 heavy (non-hydrogen) atoms. The number of nitrogens with zero attached hydrogens (tertiary/aromatic N) is 1. The predicted octanol–water partition coefficient (Wildman–Crippen LogP) is 2.43. The summed E-state index contributed by atoms with van der Waals surface area (Å²) in [5, 5.41) is 6.16. The van der Waals surface area contributed by atoms with Gasteiger partial charge < -0.3 is 10.6 Å². The Morgan fingerprint density at radius 3 is 2.89 bits per heavy atom. The van der Waals surface area contributed by atoms with Crippen molar-refractivity contribution < 1.29 is 4.79 Å². The van der Waals surface area contributed by atoms with E-state index in [1.807, 2.05) is 19.1 Å². The molecule has 0 saturated heterocycles. The molecule has 2 atom stereocenters. The molecule has 1 aliphatic carbocycles. The summed E-state index contributed by atoms with van der Waals surface area (Å²) < 4.78 is 0. The number of nitrogens with one attached hydrogen (secondary N) is 2. The van der Waals surface area contributed by atoms with Crippen LogP contribution in [0.5, 0.6) is 0 Å². The third-order valence-corrected chi connectivity index (χ3v) is 3.28. The van der Waals surface area contributed by atoms with Crippen molar-refractivity contribution in [2.24, 2.45) is 5.92 Å². The summed E-state index contributed by atoms with van der Waals surface area (Å²) in [6.45, 7) is 4.76. The monoisotopic (exact) mass is 247 g/mol. The van der Waals surface area contributed by atoms with Gasteiger partial charge in [-0.05, 0) is 37.8 Å². The maximum atomic E-state index is 11.6. The second kappa shape index (κ2) is 5.85. The smallest absolute Gasteiger partial charge is 0.252 e. The summed E-state index contributed by atoms with van der Waals surface area (Å²) >= 11 is 0. The van der Waals surface area contributed by atoms with Crippen LogP contribution in [-0.2, 0) is 0 Å². The molecule has 1 amide bonds. The number of amides is 1. The summed E-state index contributed by atoms with van der Waals surface area (Å²) in [4.78, 5) is 15.8. The van der Waals surface area contributed by atoms with Crippen LogP contribution in [0.1, 0.15) is 43.5 Å². The van der Waals surface area contributed by atoms with Crippen LogP contribution in [0.25, 0.3) is 0 Å². The van der Waals surface area contributed by atoms with E-state index >= 15 is 0 Å². The third kappa shape index (κ3) is 3.22. The van der Waals surface area contributed by atoms with Crippen molar-refractivity contribution in [2.75, 3.05) is 11.9 Å². The molecular weight excluding hydrogens is 226 g/mol. The highest BCUT2D eigenvalue weighted by Crippen LogP contribution is 2.36. The van der Waals surface area contributed by atoms with Crippen LogP contribution in [0.2, 0.25) is 0 Å². The lowest BCUT2D eigenvalue weighted by atomic mass is 10.2. The normalized spacial score (nSPS) is 21.4. The second-order valence-electron chi connectivity index (χ2n) is 4.83. The largest absolute Gasteiger partial charge is 0.367 e. The second-order valence-corrected chi connectivity index (χ2v) is 4.83. The van der Waals surface area contributed by atoms with Crippen LogP contribution in [0, 0.1) is 5.92 Å². The summed E-state index contributed by atoms with van der Waals surface area (Å²) in [6.07, 6.45) is 5.40. The Balaban J connectivity index is 1.87. The Kier molecular flexibility index (Phi) is 4.18. The molecule has 0 radical (unpaired) electrons. The Morgan fingerprint density at radius 2 is 2.28 bits per heavy atom. The van der Waals surface area contributed by atoms with Crippen LogP contribution in [0.4, 0.5) is 5.82 Å². The highest BCUT2D eigenvalue weighted by molar-refractivity contribution is 5.93. The van der Waals surface area contributed by atoms with Crippen LogP contribution in [0.15, 0.2) is 18.3 Å². The Hall–Kier alpha value is -1.58. The minimum Gasteiger partial charge on any atom is -0.367 e. The van der Waals surface area contributed by atoms with Crippen LogP contribution in [0.3, 0.4) is 0 Å². The summed E-state index contributed by atoms with van der Waals surface area (Å²) in [5.41, 5.74) is 0.614. The van der Waals surface area contributed by atoms with Gasteiger partial charge in [-0.2, -0.15) is 0 Å². The van der Waals surface area contributed by atoms with Gasteiger partial charge >= 0.3 is 0 Å². The minimum absolute atomic E-state index is 0.0631. The van der Waals surface area contributed by atoms with Gasteiger partial charge in [0.15, 0.2) is 0 Å². The minimum atomic E-state index is -0.0631. The molecule has 0 aromatic carbocycles. The molecule has 1 aromatic heterocycles. The number of rotatable bonds is 6. The van der Waals surface area contributed by atoms with E-state index in [0.29, 0.717) is 18.2 Å². The third-order valence-electron chi connectivity index (χ3n) is 3.28. The van der Waals surface area contributed by atoms with Gasteiger partial charge in [-0.1, -0.05) is 13.3 Å². The quantitative estimate of drug-likeness (QED) is 0.811. The van der Waals surface area contributed by atoms with Crippen molar-refractivity contribution in [1.82, 2.24) is 10.3 Å². The number of carbonyl (C=O) groups is 1. The van der Waals surface area contributed by atoms with Crippen molar-refractivity contribution in [3.63, 3.8) is 0 Å². The zero-order valence-corrected chi connectivity index (χ0v) is 11.1. The topological polar surface area (TPSA) is 54.0 Å². The molecule has 0 aliphatic heterocycles. The zero-order valence-electron chi connectivity index (χ0n) is 11.1. The van der Waals surface area contributed by atoms with E-state index in [-0.39, 0.29) is 5.91 Å². The van der Waals surface area contributed by atoms with Gasteiger partial charge in [0.1, 0.15) is 5.82 Å². The first-order chi connectivity index (χ1) is 8.74. The number of aromatic nitrogens is 1. The zero-order chi connectivity index (χ0) is 13.0. The van der Waals surface area contributed by atoms with Crippen molar-refractivity contribution in [2.45, 2.75) is 39.2 Å². The van der Waals surface area contributed by atoms with E-state index in [0.717, 1.165) is 11.7 Å². The van der Waals surface area contributed by atoms with E-state index in [1.54, 1.807) is 6.20 Å².